The molecule has 11 nitrogen and oxygen atoms in total. The molecule has 13 heteroatoms. The zero-order chi connectivity index (χ0) is 36.3. The third-order valence-electron chi connectivity index (χ3n) is 7.91. The molecule has 0 radical (unpaired) electrons. The first kappa shape index (κ1) is 37.3. The SMILES string of the molecule is COc1ccc(CCNC(=O)C(F)(F)C(O)C(NC(=O)Cn2c(-c3ccccc3)ccc(NC(=O)OCc3ccccc3)c2=O)C(C)C)cc1. The molecule has 0 bridgehead atoms. The maximum Gasteiger partial charge on any atom is 0.412 e. The fraction of sp³-hybridized carbons (Fsp3) is 0.297. The molecule has 0 aliphatic heterocycles. The van der Waals surface area contributed by atoms with Crippen LogP contribution in [0.15, 0.2) is 102 Å². The number of carbonyl (C=O) groups excluding carboxylic acids is 3. The van der Waals surface area contributed by atoms with Gasteiger partial charge in [-0.25, -0.2) is 4.79 Å². The second kappa shape index (κ2) is 17.2. The Labute approximate surface area is 288 Å². The summed E-state index contributed by atoms with van der Waals surface area (Å²) in [6.07, 6.45) is -3.24. The van der Waals surface area contributed by atoms with E-state index in [1.165, 1.54) is 33.1 Å². The van der Waals surface area contributed by atoms with E-state index in [0.29, 0.717) is 17.0 Å². The number of aliphatic hydroxyl groups excluding tert-OH is 1. The first-order valence-electron chi connectivity index (χ1n) is 15.9. The Bertz CT molecular complexity index is 1800. The predicted molar refractivity (Wildman–Crippen MR) is 184 cm³/mol. The number of pyridine rings is 1. The number of nitrogens with one attached hydrogen (secondary N) is 3. The summed E-state index contributed by atoms with van der Waals surface area (Å²) in [5.74, 6) is -6.97. The topological polar surface area (TPSA) is 148 Å². The van der Waals surface area contributed by atoms with Crippen molar-refractivity contribution in [2.75, 3.05) is 19.0 Å². The van der Waals surface area contributed by atoms with Gasteiger partial charge in [0, 0.05) is 6.54 Å². The highest BCUT2D eigenvalue weighted by Crippen LogP contribution is 2.25. The summed E-state index contributed by atoms with van der Waals surface area (Å²) < 4.78 is 42.0. The lowest BCUT2D eigenvalue weighted by Gasteiger charge is -2.32. The molecule has 0 aliphatic rings. The summed E-state index contributed by atoms with van der Waals surface area (Å²) in [6, 6.07) is 25.8. The summed E-state index contributed by atoms with van der Waals surface area (Å²) >= 11 is 0. The number of alkyl halides is 2. The second-order valence-electron chi connectivity index (χ2n) is 11.8. The number of amides is 3. The van der Waals surface area contributed by atoms with E-state index in [0.717, 1.165) is 15.7 Å². The quantitative estimate of drug-likeness (QED) is 0.141. The minimum absolute atomic E-state index is 0.0460. The molecule has 2 atom stereocenters. The van der Waals surface area contributed by atoms with Crippen molar-refractivity contribution in [2.45, 2.75) is 51.5 Å². The molecule has 1 aromatic heterocycles. The number of aliphatic hydroxyl groups is 1. The van der Waals surface area contributed by atoms with E-state index in [-0.39, 0.29) is 25.3 Å². The van der Waals surface area contributed by atoms with Crippen LogP contribution < -0.4 is 26.2 Å². The molecule has 0 spiro atoms. The molecule has 4 N–H and O–H groups in total. The number of nitrogens with zero attached hydrogens (tertiary/aromatic N) is 1. The zero-order valence-electron chi connectivity index (χ0n) is 27.9. The van der Waals surface area contributed by atoms with Crippen LogP contribution in [0.1, 0.15) is 25.0 Å². The summed E-state index contributed by atoms with van der Waals surface area (Å²) in [7, 11) is 1.52. The van der Waals surface area contributed by atoms with E-state index in [4.69, 9.17) is 9.47 Å². The maximum atomic E-state index is 15.3. The molecule has 4 aromatic rings. The van der Waals surface area contributed by atoms with Gasteiger partial charge in [0.05, 0.1) is 18.8 Å². The van der Waals surface area contributed by atoms with Crippen molar-refractivity contribution in [1.82, 2.24) is 15.2 Å². The molecule has 0 saturated carbocycles. The highest BCUT2D eigenvalue weighted by atomic mass is 19.3. The minimum Gasteiger partial charge on any atom is -0.497 e. The molecular weight excluding hydrogens is 650 g/mol. The van der Waals surface area contributed by atoms with Gasteiger partial charge in [-0.05, 0) is 53.3 Å². The van der Waals surface area contributed by atoms with Crippen molar-refractivity contribution < 1.29 is 37.7 Å². The molecule has 4 rings (SSSR count). The molecule has 0 saturated heterocycles. The minimum atomic E-state index is -4.27. The molecule has 0 fully saturated rings. The smallest absolute Gasteiger partial charge is 0.412 e. The van der Waals surface area contributed by atoms with Crippen molar-refractivity contribution in [3.05, 3.63) is 119 Å². The van der Waals surface area contributed by atoms with Gasteiger partial charge in [0.1, 0.15) is 30.7 Å². The van der Waals surface area contributed by atoms with E-state index < -0.39 is 54.0 Å². The monoisotopic (exact) mass is 690 g/mol. The van der Waals surface area contributed by atoms with Crippen molar-refractivity contribution in [2.24, 2.45) is 5.92 Å². The number of carbonyl (C=O) groups is 3. The van der Waals surface area contributed by atoms with Crippen LogP contribution in [0, 0.1) is 5.92 Å². The number of halogens is 2. The van der Waals surface area contributed by atoms with Gasteiger partial charge in [0.15, 0.2) is 0 Å². The van der Waals surface area contributed by atoms with Crippen LogP contribution in [-0.4, -0.2) is 59.3 Å². The van der Waals surface area contributed by atoms with Gasteiger partial charge in [-0.2, -0.15) is 8.78 Å². The van der Waals surface area contributed by atoms with Crippen molar-refractivity contribution in [3.8, 4) is 17.0 Å². The first-order valence-corrected chi connectivity index (χ1v) is 15.9. The van der Waals surface area contributed by atoms with Gasteiger partial charge >= 0.3 is 12.0 Å². The Morgan fingerprint density at radius 3 is 2.14 bits per heavy atom. The van der Waals surface area contributed by atoms with Crippen LogP contribution in [0.4, 0.5) is 19.3 Å². The lowest BCUT2D eigenvalue weighted by Crippen LogP contribution is -2.59. The van der Waals surface area contributed by atoms with E-state index in [2.05, 4.69) is 16.0 Å². The van der Waals surface area contributed by atoms with Crippen molar-refractivity contribution >= 4 is 23.6 Å². The average Bonchev–Trinajstić information content (AvgIpc) is 3.12. The second-order valence-corrected chi connectivity index (χ2v) is 11.8. The molecular formula is C37H40F2N4O7. The van der Waals surface area contributed by atoms with E-state index >= 15 is 8.78 Å². The van der Waals surface area contributed by atoms with E-state index in [1.807, 2.05) is 6.07 Å². The van der Waals surface area contributed by atoms with Gasteiger partial charge in [0.25, 0.3) is 11.5 Å². The van der Waals surface area contributed by atoms with Crippen LogP contribution in [0.5, 0.6) is 5.75 Å². The fourth-order valence-corrected chi connectivity index (χ4v) is 5.14. The Balaban J connectivity index is 1.47. The molecule has 2 unspecified atom stereocenters. The third-order valence-corrected chi connectivity index (χ3v) is 7.91. The van der Waals surface area contributed by atoms with Crippen molar-refractivity contribution in [1.29, 1.82) is 0 Å². The number of benzene rings is 3. The lowest BCUT2D eigenvalue weighted by molar-refractivity contribution is -0.169. The highest BCUT2D eigenvalue weighted by molar-refractivity contribution is 5.85. The van der Waals surface area contributed by atoms with Crippen molar-refractivity contribution in [3.63, 3.8) is 0 Å². The lowest BCUT2D eigenvalue weighted by atomic mass is 9.93. The molecule has 264 valence electrons. The van der Waals surface area contributed by atoms with Crippen LogP contribution in [0.25, 0.3) is 11.3 Å². The standard InChI is InChI=1S/C37H40F2N4O7/c1-24(2)32(33(45)37(38,39)35(47)40-21-20-25-14-16-28(49-3)17-15-25)42-31(44)22-43-30(27-12-8-5-9-13-27)19-18-29(34(43)46)41-36(48)50-23-26-10-6-4-7-11-26/h4-19,24,32-33,45H,20-23H2,1-3H3,(H,40,47)(H,41,48)(H,42,44). The normalized spacial score (nSPS) is 12.5. The number of methoxy groups -OCH3 is 1. The molecule has 1 heterocycles. The van der Waals surface area contributed by atoms with Gasteiger partial charge < -0.3 is 25.2 Å². The van der Waals surface area contributed by atoms with Gasteiger partial charge in [0.2, 0.25) is 5.91 Å². The van der Waals surface area contributed by atoms with E-state index in [9.17, 15) is 24.3 Å². The van der Waals surface area contributed by atoms with Crippen LogP contribution in [-0.2, 0) is 33.9 Å². The Kier molecular flexibility index (Phi) is 12.8. The number of aromatic nitrogens is 1. The van der Waals surface area contributed by atoms with Crippen LogP contribution in [0.3, 0.4) is 0 Å². The molecule has 50 heavy (non-hydrogen) atoms. The fourth-order valence-electron chi connectivity index (χ4n) is 5.14. The predicted octanol–water partition coefficient (Wildman–Crippen LogP) is 4.77. The number of hydrogen-bond donors (Lipinski definition) is 4. The van der Waals surface area contributed by atoms with Gasteiger partial charge in [-0.15, -0.1) is 0 Å². The highest BCUT2D eigenvalue weighted by Gasteiger charge is 2.51. The Hall–Kier alpha value is -5.56. The number of hydrogen-bond acceptors (Lipinski definition) is 7. The first-order chi connectivity index (χ1) is 23.9. The summed E-state index contributed by atoms with van der Waals surface area (Å²) in [5.41, 5.74) is 1.42. The molecule has 3 aromatic carbocycles. The summed E-state index contributed by atoms with van der Waals surface area (Å²) in [6.45, 7) is 2.17. The Morgan fingerprint density at radius 2 is 1.52 bits per heavy atom. The van der Waals surface area contributed by atoms with Gasteiger partial charge in [-0.3, -0.25) is 24.3 Å². The number of rotatable bonds is 15. The van der Waals surface area contributed by atoms with E-state index in [1.54, 1.807) is 78.9 Å². The summed E-state index contributed by atoms with van der Waals surface area (Å²) in [4.78, 5) is 52.1. The molecule has 3 amide bonds. The van der Waals surface area contributed by atoms with Gasteiger partial charge in [-0.1, -0.05) is 86.6 Å². The number of anilines is 1. The summed E-state index contributed by atoms with van der Waals surface area (Å²) in [5, 5.41) is 17.7. The zero-order valence-corrected chi connectivity index (χ0v) is 27.9. The average molecular weight is 691 g/mol. The van der Waals surface area contributed by atoms with Crippen LogP contribution in [0.2, 0.25) is 0 Å². The van der Waals surface area contributed by atoms with Crippen LogP contribution >= 0.6 is 0 Å². The molecule has 0 aliphatic carbocycles. The maximum absolute atomic E-state index is 15.3. The Morgan fingerprint density at radius 1 is 0.880 bits per heavy atom. The third kappa shape index (κ3) is 9.75. The number of ether oxygens (including phenoxy) is 2. The largest absolute Gasteiger partial charge is 0.497 e.